The zero-order valence-corrected chi connectivity index (χ0v) is 42.5. The van der Waals surface area contributed by atoms with Gasteiger partial charge in [-0.25, -0.2) is 0 Å². The molecule has 0 amide bonds. The van der Waals surface area contributed by atoms with Gasteiger partial charge in [0, 0.05) is 17.9 Å². The van der Waals surface area contributed by atoms with Gasteiger partial charge < -0.3 is 29.7 Å². The van der Waals surface area contributed by atoms with Crippen molar-refractivity contribution in [2.45, 2.75) is 290 Å². The monoisotopic (exact) mass is 1010 g/mol. The molecule has 0 spiro atoms. The van der Waals surface area contributed by atoms with Crippen LogP contribution in [0.2, 0.25) is 0 Å². The van der Waals surface area contributed by atoms with Crippen molar-refractivity contribution in [3.05, 3.63) is 36.5 Å². The van der Waals surface area contributed by atoms with Gasteiger partial charge in [0.2, 0.25) is 0 Å². The number of aliphatic carboxylic acids is 3. The minimum Gasteiger partial charge on any atom is -0.550 e. The molecule has 0 saturated carbocycles. The number of carboxylic acids is 3. The van der Waals surface area contributed by atoms with E-state index >= 15 is 0 Å². The Morgan fingerprint density at radius 2 is 0.410 bits per heavy atom. The Morgan fingerprint density at radius 1 is 0.262 bits per heavy atom. The fraction of sp³-hybridized carbons (Fsp3) is 0.833. The van der Waals surface area contributed by atoms with Gasteiger partial charge >= 0.3 is 38.2 Å². The van der Waals surface area contributed by atoms with E-state index in [-0.39, 0.29) is 57.4 Å². The number of carboxylic acid groups (broad SMARTS) is 3. The Balaban J connectivity index is -0.000000396. The normalized spacial score (nSPS) is 11.1. The zero-order valence-electron chi connectivity index (χ0n) is 40.4. The molecule has 0 aliphatic heterocycles. The summed E-state index contributed by atoms with van der Waals surface area (Å²) in [5.41, 5.74) is 0. The van der Waals surface area contributed by atoms with Gasteiger partial charge in [-0.2, -0.15) is 0 Å². The maximum Gasteiger partial charge on any atom is 3.00 e. The quantitative estimate of drug-likeness (QED) is 0.0443. The van der Waals surface area contributed by atoms with Gasteiger partial charge in [-0.3, -0.25) is 0 Å². The first-order chi connectivity index (χ1) is 29.3. The molecule has 361 valence electrons. The first-order valence-corrected chi connectivity index (χ1v) is 25.9. The molecule has 0 aliphatic carbocycles. The molecule has 0 aliphatic rings. The molecule has 0 atom stereocenters. The molecule has 0 unspecified atom stereocenters. The van der Waals surface area contributed by atoms with Crippen LogP contribution in [-0.2, 0) is 14.4 Å². The molecule has 61 heavy (non-hydrogen) atoms. The molecule has 1 radical (unpaired) electrons. The predicted octanol–water partition coefficient (Wildman–Crippen LogP) is 14.3. The van der Waals surface area contributed by atoms with Crippen molar-refractivity contribution in [2.24, 2.45) is 0 Å². The van der Waals surface area contributed by atoms with E-state index in [0.29, 0.717) is 0 Å². The number of carbonyl (C=O) groups is 3. The molecular formula is C54H99DyO6. The van der Waals surface area contributed by atoms with Crippen LogP contribution in [0.5, 0.6) is 0 Å². The molecule has 0 heterocycles. The molecule has 0 aromatic carbocycles. The summed E-state index contributed by atoms with van der Waals surface area (Å²) in [6.07, 6.45) is 62.7. The summed E-state index contributed by atoms with van der Waals surface area (Å²) < 4.78 is 0. The van der Waals surface area contributed by atoms with E-state index in [9.17, 15) is 29.7 Å². The van der Waals surface area contributed by atoms with E-state index in [2.05, 4.69) is 57.2 Å². The maximum atomic E-state index is 10.2. The molecule has 0 saturated heterocycles. The summed E-state index contributed by atoms with van der Waals surface area (Å²) in [7, 11) is 0. The number of hydrogen-bond donors (Lipinski definition) is 0. The Hall–Kier alpha value is -1.10. The summed E-state index contributed by atoms with van der Waals surface area (Å²) in [5.74, 6) is -2.74. The summed E-state index contributed by atoms with van der Waals surface area (Å²) in [4.78, 5) is 30.6. The first-order valence-electron chi connectivity index (χ1n) is 25.9. The van der Waals surface area contributed by atoms with Crippen molar-refractivity contribution in [1.82, 2.24) is 0 Å². The van der Waals surface area contributed by atoms with E-state index in [0.717, 1.165) is 57.8 Å². The summed E-state index contributed by atoms with van der Waals surface area (Å²) in [5, 5.41) is 30.6. The van der Waals surface area contributed by atoms with Crippen molar-refractivity contribution < 1.29 is 67.9 Å². The molecule has 0 fully saturated rings. The molecular weight excluding hydrogens is 907 g/mol. The Kier molecular flexibility index (Phi) is 68.9. The molecule has 0 aromatic rings. The topological polar surface area (TPSA) is 120 Å². The van der Waals surface area contributed by atoms with Gasteiger partial charge in [0.15, 0.2) is 0 Å². The molecule has 0 aromatic heterocycles. The van der Waals surface area contributed by atoms with E-state index in [1.54, 1.807) is 0 Å². The second-order valence-electron chi connectivity index (χ2n) is 17.1. The molecule has 7 heteroatoms. The van der Waals surface area contributed by atoms with Crippen molar-refractivity contribution in [1.29, 1.82) is 0 Å². The number of hydrogen-bond acceptors (Lipinski definition) is 6. The molecule has 6 nitrogen and oxygen atoms in total. The Bertz CT molecular complexity index is 827. The van der Waals surface area contributed by atoms with Gasteiger partial charge in [0.25, 0.3) is 0 Å². The number of allylic oxidation sites excluding steroid dienone is 6. The third kappa shape index (κ3) is 76.6. The van der Waals surface area contributed by atoms with E-state index in [4.69, 9.17) is 0 Å². The molecule has 0 N–H and O–H groups in total. The predicted molar refractivity (Wildman–Crippen MR) is 253 cm³/mol. The van der Waals surface area contributed by atoms with Crippen molar-refractivity contribution in [3.8, 4) is 0 Å². The summed E-state index contributed by atoms with van der Waals surface area (Å²) >= 11 is 0. The smallest absolute Gasteiger partial charge is 0.550 e. The largest absolute Gasteiger partial charge is 3.00 e. The Morgan fingerprint density at radius 3 is 0.574 bits per heavy atom. The standard InChI is InChI=1S/3C18H34O2.Dy/c3*1-2-3-4-5-6-7-8-9-10-11-12-13-14-15-16-17-18(19)20;/h3*9-10H,2-8,11-17H2,1H3,(H,19,20);/q;;;+3/p-3/b3*10-9-;. The van der Waals surface area contributed by atoms with Crippen LogP contribution in [0, 0.1) is 38.2 Å². The number of carbonyl (C=O) groups excluding carboxylic acids is 3. The molecule has 0 rings (SSSR count). The van der Waals surface area contributed by atoms with Crippen LogP contribution in [0.3, 0.4) is 0 Å². The van der Waals surface area contributed by atoms with E-state index in [1.165, 1.54) is 193 Å². The fourth-order valence-electron chi connectivity index (χ4n) is 7.02. The average molecular weight is 1010 g/mol. The summed E-state index contributed by atoms with van der Waals surface area (Å²) in [6.45, 7) is 6.77. The fourth-order valence-corrected chi connectivity index (χ4v) is 7.02. The average Bonchev–Trinajstić information content (AvgIpc) is 3.22. The van der Waals surface area contributed by atoms with Gasteiger partial charge in [0.1, 0.15) is 0 Å². The minimum atomic E-state index is -0.914. The van der Waals surface area contributed by atoms with Crippen LogP contribution in [0.15, 0.2) is 36.5 Å². The van der Waals surface area contributed by atoms with Crippen molar-refractivity contribution >= 4 is 17.9 Å². The van der Waals surface area contributed by atoms with Gasteiger partial charge in [-0.1, -0.05) is 211 Å². The van der Waals surface area contributed by atoms with Gasteiger partial charge in [-0.15, -0.1) is 0 Å². The van der Waals surface area contributed by atoms with Crippen LogP contribution >= 0.6 is 0 Å². The maximum absolute atomic E-state index is 10.2. The van der Waals surface area contributed by atoms with Crippen molar-refractivity contribution in [3.63, 3.8) is 0 Å². The minimum absolute atomic E-state index is 0. The summed E-state index contributed by atoms with van der Waals surface area (Å²) in [6, 6.07) is 0. The zero-order chi connectivity index (χ0) is 44.7. The van der Waals surface area contributed by atoms with Crippen LogP contribution in [0.1, 0.15) is 290 Å². The molecule has 0 bridgehead atoms. The van der Waals surface area contributed by atoms with Crippen molar-refractivity contribution in [2.75, 3.05) is 0 Å². The second-order valence-corrected chi connectivity index (χ2v) is 17.1. The third-order valence-electron chi connectivity index (χ3n) is 10.9. The number of rotatable bonds is 45. The van der Waals surface area contributed by atoms with Gasteiger partial charge in [0.05, 0.1) is 0 Å². The second kappa shape index (κ2) is 63.2. The SMILES string of the molecule is CCCCCCCC/C=C\CCCCCCCC(=O)[O-].CCCCCCCC/C=C\CCCCCCCC(=O)[O-].CCCCCCCC/C=C\CCCCCCCC(=O)[O-].[Dy+3]. The van der Waals surface area contributed by atoms with Gasteiger partial charge in [-0.05, 0) is 116 Å². The van der Waals surface area contributed by atoms with Crippen LogP contribution in [0.25, 0.3) is 0 Å². The first kappa shape index (κ1) is 66.5. The number of unbranched alkanes of at least 4 members (excludes halogenated alkanes) is 33. The van der Waals surface area contributed by atoms with E-state index < -0.39 is 17.9 Å². The third-order valence-corrected chi connectivity index (χ3v) is 10.9. The van der Waals surface area contributed by atoms with E-state index in [1.807, 2.05) is 0 Å². The van der Waals surface area contributed by atoms with Crippen LogP contribution in [0.4, 0.5) is 0 Å². The van der Waals surface area contributed by atoms with Crippen LogP contribution in [-0.4, -0.2) is 17.9 Å². The Labute approximate surface area is 409 Å². The van der Waals surface area contributed by atoms with Crippen LogP contribution < -0.4 is 15.3 Å².